The molecular formula is C19H12ClN2O+. The molecule has 0 atom stereocenters. The van der Waals surface area contributed by atoms with Crippen LogP contribution in [0.2, 0.25) is 5.02 Å². The smallest absolute Gasteiger partial charge is 0.240 e. The van der Waals surface area contributed by atoms with Gasteiger partial charge in [-0.2, -0.15) is 4.40 Å². The monoisotopic (exact) mass is 319 g/mol. The lowest BCUT2D eigenvalue weighted by atomic mass is 10.0. The standard InChI is InChI=1S/C19H12ClN2O/c1-21-16-10-12(20)8-9-15(16)22-18(21)13-6-2-4-11-5-3-7-14(17(11)13)19(22)23/h2-10H,1H3/q+1. The Balaban J connectivity index is 2.26. The second kappa shape index (κ2) is 4.21. The maximum absolute atomic E-state index is 13.1. The first kappa shape index (κ1) is 12.9. The zero-order valence-corrected chi connectivity index (χ0v) is 13.1. The molecule has 110 valence electrons. The molecule has 0 unspecified atom stereocenters. The molecule has 3 nitrogen and oxygen atoms in total. The molecule has 2 heterocycles. The summed E-state index contributed by atoms with van der Waals surface area (Å²) in [6, 6.07) is 17.7. The third kappa shape index (κ3) is 1.50. The molecule has 0 N–H and O–H groups in total. The molecule has 0 saturated carbocycles. The topological polar surface area (TPSA) is 25.4 Å². The highest BCUT2D eigenvalue weighted by molar-refractivity contribution is 6.31. The van der Waals surface area contributed by atoms with Crippen LogP contribution in [0.1, 0.15) is 0 Å². The number of benzene rings is 3. The summed E-state index contributed by atoms with van der Waals surface area (Å²) in [5.41, 5.74) is 2.74. The van der Waals surface area contributed by atoms with Gasteiger partial charge in [0.1, 0.15) is 0 Å². The van der Waals surface area contributed by atoms with Crippen molar-refractivity contribution >= 4 is 49.8 Å². The van der Waals surface area contributed by atoms with Gasteiger partial charge in [0.25, 0.3) is 5.65 Å². The second-order valence-corrected chi connectivity index (χ2v) is 6.30. The number of imidazole rings is 1. The fourth-order valence-corrected chi connectivity index (χ4v) is 3.83. The van der Waals surface area contributed by atoms with Gasteiger partial charge in [0.15, 0.2) is 11.0 Å². The van der Waals surface area contributed by atoms with E-state index in [-0.39, 0.29) is 5.56 Å². The quantitative estimate of drug-likeness (QED) is 0.400. The van der Waals surface area contributed by atoms with E-state index >= 15 is 0 Å². The number of rotatable bonds is 0. The van der Waals surface area contributed by atoms with Gasteiger partial charge in [0, 0.05) is 16.5 Å². The third-order valence-corrected chi connectivity index (χ3v) is 4.88. The lowest BCUT2D eigenvalue weighted by molar-refractivity contribution is -0.617. The number of halogens is 1. The van der Waals surface area contributed by atoms with E-state index in [1.54, 1.807) is 4.40 Å². The maximum atomic E-state index is 13.1. The molecule has 0 aliphatic rings. The van der Waals surface area contributed by atoms with E-state index in [2.05, 4.69) is 6.07 Å². The molecule has 5 rings (SSSR count). The Morgan fingerprint density at radius 2 is 1.74 bits per heavy atom. The molecule has 0 fully saturated rings. The number of aromatic nitrogens is 2. The molecule has 23 heavy (non-hydrogen) atoms. The molecule has 0 aliphatic carbocycles. The van der Waals surface area contributed by atoms with Gasteiger partial charge >= 0.3 is 5.56 Å². The summed E-state index contributed by atoms with van der Waals surface area (Å²) in [5, 5.41) is 4.60. The van der Waals surface area contributed by atoms with E-state index in [1.807, 2.05) is 60.1 Å². The van der Waals surface area contributed by atoms with Crippen molar-refractivity contribution in [2.24, 2.45) is 7.05 Å². The van der Waals surface area contributed by atoms with Crippen LogP contribution in [0.5, 0.6) is 0 Å². The zero-order chi connectivity index (χ0) is 15.7. The summed E-state index contributed by atoms with van der Waals surface area (Å²) >= 11 is 6.15. The molecule has 0 amide bonds. The summed E-state index contributed by atoms with van der Waals surface area (Å²) in [6.07, 6.45) is 0. The Labute approximate surface area is 136 Å². The average Bonchev–Trinajstić information content (AvgIpc) is 2.85. The Kier molecular flexibility index (Phi) is 2.35. The minimum absolute atomic E-state index is 0.0113. The second-order valence-electron chi connectivity index (χ2n) is 5.87. The van der Waals surface area contributed by atoms with Gasteiger partial charge in [0.2, 0.25) is 0 Å². The Bertz CT molecular complexity index is 1300. The van der Waals surface area contributed by atoms with Crippen molar-refractivity contribution in [3.05, 3.63) is 70.0 Å². The van der Waals surface area contributed by atoms with Gasteiger partial charge in [-0.15, -0.1) is 0 Å². The van der Waals surface area contributed by atoms with Crippen LogP contribution in [0.15, 0.2) is 59.4 Å². The predicted molar refractivity (Wildman–Crippen MR) is 93.6 cm³/mol. The fourth-order valence-electron chi connectivity index (χ4n) is 3.67. The molecule has 5 aromatic rings. The van der Waals surface area contributed by atoms with Crippen LogP contribution >= 0.6 is 11.6 Å². The van der Waals surface area contributed by atoms with Crippen molar-refractivity contribution in [1.82, 2.24) is 4.40 Å². The van der Waals surface area contributed by atoms with Crippen LogP contribution in [0, 0.1) is 0 Å². The Morgan fingerprint density at radius 1 is 1.00 bits per heavy atom. The van der Waals surface area contributed by atoms with E-state index in [0.717, 1.165) is 38.2 Å². The van der Waals surface area contributed by atoms with Crippen molar-refractivity contribution in [3.63, 3.8) is 0 Å². The molecule has 2 aromatic heterocycles. The van der Waals surface area contributed by atoms with Crippen LogP contribution in [-0.4, -0.2) is 4.40 Å². The van der Waals surface area contributed by atoms with Gasteiger partial charge in [-0.1, -0.05) is 35.9 Å². The molecular weight excluding hydrogens is 308 g/mol. The van der Waals surface area contributed by atoms with Crippen LogP contribution < -0.4 is 10.1 Å². The minimum Gasteiger partial charge on any atom is -0.240 e. The van der Waals surface area contributed by atoms with Gasteiger partial charge in [0.05, 0.1) is 17.8 Å². The largest absolute Gasteiger partial charge is 0.347 e. The number of hydrogen-bond donors (Lipinski definition) is 0. The molecule has 3 aromatic carbocycles. The summed E-state index contributed by atoms with van der Waals surface area (Å²) in [7, 11) is 1.98. The SMILES string of the molecule is C[n+]1c2cc(Cl)ccc2n2c(=O)c3cccc4cccc(c43)c21. The molecule has 0 radical (unpaired) electrons. The lowest BCUT2D eigenvalue weighted by Gasteiger charge is -2.03. The van der Waals surface area contributed by atoms with Crippen molar-refractivity contribution in [2.75, 3.05) is 0 Å². The van der Waals surface area contributed by atoms with Crippen molar-refractivity contribution in [1.29, 1.82) is 0 Å². The van der Waals surface area contributed by atoms with Crippen molar-refractivity contribution < 1.29 is 4.57 Å². The fraction of sp³-hybridized carbons (Fsp3) is 0.0526. The van der Waals surface area contributed by atoms with E-state index in [1.165, 1.54) is 0 Å². The van der Waals surface area contributed by atoms with Crippen LogP contribution in [-0.2, 0) is 7.05 Å². The maximum Gasteiger partial charge on any atom is 0.347 e. The summed E-state index contributed by atoms with van der Waals surface area (Å²) in [4.78, 5) is 13.1. The van der Waals surface area contributed by atoms with E-state index in [4.69, 9.17) is 11.6 Å². The van der Waals surface area contributed by atoms with Crippen LogP contribution in [0.4, 0.5) is 0 Å². The normalized spacial score (nSPS) is 12.1. The number of nitrogens with zero attached hydrogens (tertiary/aromatic N) is 2. The molecule has 0 saturated heterocycles. The van der Waals surface area contributed by atoms with Crippen LogP contribution in [0.25, 0.3) is 38.2 Å². The highest BCUT2D eigenvalue weighted by atomic mass is 35.5. The van der Waals surface area contributed by atoms with Gasteiger partial charge in [-0.25, -0.2) is 9.36 Å². The molecule has 0 spiro atoms. The number of hydrogen-bond acceptors (Lipinski definition) is 1. The van der Waals surface area contributed by atoms with E-state index < -0.39 is 0 Å². The molecule has 0 bridgehead atoms. The highest BCUT2D eigenvalue weighted by Gasteiger charge is 2.24. The zero-order valence-electron chi connectivity index (χ0n) is 12.4. The summed E-state index contributed by atoms with van der Waals surface area (Å²) in [6.45, 7) is 0. The Hall–Kier alpha value is -2.65. The number of fused-ring (bicyclic) bond motifs is 4. The third-order valence-electron chi connectivity index (χ3n) is 4.65. The predicted octanol–water partition coefficient (Wildman–Crippen LogP) is 3.67. The molecule has 0 aliphatic heterocycles. The van der Waals surface area contributed by atoms with Gasteiger partial charge in [-0.3, -0.25) is 0 Å². The number of pyridine rings is 1. The van der Waals surface area contributed by atoms with E-state index in [9.17, 15) is 4.79 Å². The highest BCUT2D eigenvalue weighted by Crippen LogP contribution is 2.29. The summed E-state index contributed by atoms with van der Waals surface area (Å²) in [5.74, 6) is 0. The van der Waals surface area contributed by atoms with E-state index in [0.29, 0.717) is 5.02 Å². The first-order chi connectivity index (χ1) is 11.2. The minimum atomic E-state index is 0.0113. The van der Waals surface area contributed by atoms with Gasteiger partial charge < -0.3 is 0 Å². The lowest BCUT2D eigenvalue weighted by Crippen LogP contribution is -2.29. The van der Waals surface area contributed by atoms with Crippen LogP contribution in [0.3, 0.4) is 0 Å². The van der Waals surface area contributed by atoms with Gasteiger partial charge in [-0.05, 0) is 29.7 Å². The Morgan fingerprint density at radius 3 is 2.52 bits per heavy atom. The van der Waals surface area contributed by atoms with Crippen molar-refractivity contribution in [3.8, 4) is 0 Å². The first-order valence-electron chi connectivity index (χ1n) is 7.43. The average molecular weight is 320 g/mol. The first-order valence-corrected chi connectivity index (χ1v) is 7.81. The summed E-state index contributed by atoms with van der Waals surface area (Å²) < 4.78 is 3.84. The van der Waals surface area contributed by atoms with Crippen molar-refractivity contribution in [2.45, 2.75) is 0 Å². The molecule has 4 heteroatoms. The number of aryl methyl sites for hydroxylation is 1.